The normalized spacial score (nSPS) is 18.9. The molecule has 9 aromatic carbocycles. The van der Waals surface area contributed by atoms with Crippen molar-refractivity contribution in [3.63, 3.8) is 0 Å². The number of nitrogens with zero attached hydrogens (tertiary/aromatic N) is 3. The molecule has 1 saturated carbocycles. The number of hydrogen-bond acceptors (Lipinski definition) is 5. The van der Waals surface area contributed by atoms with Crippen LogP contribution >= 0.6 is 11.3 Å². The lowest BCUT2D eigenvalue weighted by Gasteiger charge is -2.50. The quantitative estimate of drug-likeness (QED) is 0.164. The van der Waals surface area contributed by atoms with Crippen LogP contribution in [0.25, 0.3) is 53.2 Å². The molecule has 4 nitrogen and oxygen atoms in total. The van der Waals surface area contributed by atoms with Gasteiger partial charge in [0.1, 0.15) is 5.58 Å². The average molecular weight is 962 g/mol. The van der Waals surface area contributed by atoms with Crippen LogP contribution in [0.4, 0.5) is 45.5 Å². The molecule has 1 fully saturated rings. The van der Waals surface area contributed by atoms with Crippen LogP contribution in [-0.4, -0.2) is 12.3 Å². The highest BCUT2D eigenvalue weighted by atomic mass is 32.1. The Hall–Kier alpha value is -7.54. The molecule has 11 aromatic rings. The highest BCUT2D eigenvalue weighted by Crippen LogP contribution is 2.62. The Morgan fingerprint density at radius 3 is 2.01 bits per heavy atom. The van der Waals surface area contributed by atoms with Crippen molar-refractivity contribution in [2.45, 2.75) is 83.6 Å². The van der Waals surface area contributed by atoms with Crippen LogP contribution in [-0.2, 0) is 10.8 Å². The Balaban J connectivity index is 1.02. The summed E-state index contributed by atoms with van der Waals surface area (Å²) in [6.07, 6.45) is 4.73. The Kier molecular flexibility index (Phi) is 9.00. The summed E-state index contributed by atoms with van der Waals surface area (Å²) >= 11 is 1.91. The van der Waals surface area contributed by atoms with E-state index in [4.69, 9.17) is 4.42 Å². The minimum atomic E-state index is -0.133. The minimum Gasteiger partial charge on any atom is -0.454 e. The van der Waals surface area contributed by atoms with Crippen molar-refractivity contribution >= 4 is 122 Å². The van der Waals surface area contributed by atoms with Crippen molar-refractivity contribution < 1.29 is 4.42 Å². The molecule has 0 spiro atoms. The van der Waals surface area contributed by atoms with Gasteiger partial charge < -0.3 is 19.1 Å². The summed E-state index contributed by atoms with van der Waals surface area (Å²) in [6.45, 7) is 14.4. The predicted molar refractivity (Wildman–Crippen MR) is 312 cm³/mol. The summed E-state index contributed by atoms with van der Waals surface area (Å²) in [4.78, 5) is 7.96. The maximum absolute atomic E-state index is 7.03. The fourth-order valence-corrected chi connectivity index (χ4v) is 15.2. The van der Waals surface area contributed by atoms with Gasteiger partial charge in [-0.3, -0.25) is 0 Å². The number of para-hydroxylation sites is 2. The maximum Gasteiger partial charge on any atom is 0.252 e. The maximum atomic E-state index is 7.03. The van der Waals surface area contributed by atoms with E-state index in [1.54, 1.807) is 0 Å². The fraction of sp³-hybridized carbons (Fsp3) is 0.194. The van der Waals surface area contributed by atoms with Gasteiger partial charge in [-0.05, 0) is 143 Å². The predicted octanol–water partition coefficient (Wildman–Crippen LogP) is 17.1. The van der Waals surface area contributed by atoms with Crippen molar-refractivity contribution in [2.75, 3.05) is 14.7 Å². The molecule has 2 atom stereocenters. The number of thiophene rings is 1. The Morgan fingerprint density at radius 2 is 1.21 bits per heavy atom. The lowest BCUT2D eigenvalue weighted by Crippen LogP contribution is -2.61. The first-order chi connectivity index (χ1) is 35.5. The third-order valence-electron chi connectivity index (χ3n) is 17.8. The van der Waals surface area contributed by atoms with E-state index in [0.717, 1.165) is 40.5 Å². The Bertz CT molecular complexity index is 4130. The van der Waals surface area contributed by atoms with E-state index in [1.807, 2.05) is 11.3 Å². The van der Waals surface area contributed by atoms with Gasteiger partial charge in [0, 0.05) is 65.8 Å². The molecule has 3 aliphatic heterocycles. The molecule has 0 saturated heterocycles. The first-order valence-electron chi connectivity index (χ1n) is 26.3. The molecule has 4 aliphatic rings. The summed E-state index contributed by atoms with van der Waals surface area (Å²) in [5.74, 6) is 0. The van der Waals surface area contributed by atoms with Gasteiger partial charge in [-0.2, -0.15) is 0 Å². The molecule has 0 amide bonds. The van der Waals surface area contributed by atoms with Crippen LogP contribution < -0.4 is 31.1 Å². The van der Waals surface area contributed by atoms with E-state index in [1.165, 1.54) is 117 Å². The number of furan rings is 1. The van der Waals surface area contributed by atoms with Gasteiger partial charge in [0.05, 0.1) is 21.6 Å². The van der Waals surface area contributed by atoms with Crippen LogP contribution in [0.15, 0.2) is 186 Å². The lowest BCUT2D eigenvalue weighted by atomic mass is 9.33. The zero-order chi connectivity index (χ0) is 49.1. The van der Waals surface area contributed by atoms with E-state index in [9.17, 15) is 0 Å². The topological polar surface area (TPSA) is 22.9 Å². The average Bonchev–Trinajstić information content (AvgIpc) is 4.07. The molecule has 73 heavy (non-hydrogen) atoms. The molecule has 2 aromatic heterocycles. The third-order valence-corrected chi connectivity index (χ3v) is 19.0. The van der Waals surface area contributed by atoms with E-state index < -0.39 is 0 Å². The first-order valence-corrected chi connectivity index (χ1v) is 27.1. The summed E-state index contributed by atoms with van der Waals surface area (Å²) in [7, 11) is 0. The van der Waals surface area contributed by atoms with Gasteiger partial charge in [0.15, 0.2) is 5.58 Å². The second-order valence-electron chi connectivity index (χ2n) is 22.8. The highest BCUT2D eigenvalue weighted by molar-refractivity contribution is 7.26. The number of aryl methyl sites for hydroxylation is 1. The van der Waals surface area contributed by atoms with Crippen LogP contribution in [0, 0.1) is 6.92 Å². The zero-order valence-electron chi connectivity index (χ0n) is 42.4. The molecule has 6 heteroatoms. The number of benzene rings is 9. The van der Waals surface area contributed by atoms with Crippen molar-refractivity contribution in [3.8, 4) is 11.1 Å². The monoisotopic (exact) mass is 961 g/mol. The standard InChI is InChI=1S/C67H56BN3OS/c1-41-36-58-62-59(37-41)70(55-25-17-23-49-47-21-11-13-27-61(47)73-64(49)55)56-39-44(65(2,3)4)29-31-51(56)68(62)52-32-30-45(40-57(52)69(58)54-24-16-22-48-46-20-10-12-26-60(46)72-63(48)54)71-53-33-28-43(42-18-8-7-9-19-42)38-50(53)66(5)34-14-15-35-67(66,71)6/h7-13,16-33,36-40H,14-15,34-35H2,1-6H3. The molecular weight excluding hydrogens is 906 g/mol. The van der Waals surface area contributed by atoms with E-state index in [2.05, 4.69) is 238 Å². The third kappa shape index (κ3) is 5.96. The van der Waals surface area contributed by atoms with Gasteiger partial charge in [-0.15, -0.1) is 11.3 Å². The van der Waals surface area contributed by atoms with Crippen LogP contribution in [0.1, 0.15) is 77.0 Å². The highest BCUT2D eigenvalue weighted by Gasteiger charge is 2.58. The van der Waals surface area contributed by atoms with Crippen molar-refractivity contribution in [1.82, 2.24) is 0 Å². The van der Waals surface area contributed by atoms with E-state index in [0.29, 0.717) is 0 Å². The van der Waals surface area contributed by atoms with Crippen molar-refractivity contribution in [2.24, 2.45) is 0 Å². The van der Waals surface area contributed by atoms with Crippen molar-refractivity contribution in [1.29, 1.82) is 0 Å². The minimum absolute atomic E-state index is 0.0301. The molecule has 5 heterocycles. The van der Waals surface area contributed by atoms with Gasteiger partial charge in [-0.1, -0.05) is 156 Å². The largest absolute Gasteiger partial charge is 0.454 e. The van der Waals surface area contributed by atoms with Gasteiger partial charge >= 0.3 is 0 Å². The van der Waals surface area contributed by atoms with Crippen LogP contribution in [0.2, 0.25) is 0 Å². The molecule has 15 rings (SSSR count). The summed E-state index contributed by atoms with van der Waals surface area (Å²) in [5.41, 5.74) is 21.8. The first kappa shape index (κ1) is 43.1. The fourth-order valence-electron chi connectivity index (χ4n) is 14.0. The molecule has 2 unspecified atom stereocenters. The SMILES string of the molecule is Cc1cc2c3c(c1)N(c1cccc4c1sc1ccccc14)c1cc(C(C)(C)C)ccc1B3c1ccc(N3c4ccc(-c5ccccc5)cc4C4(C)CCCCC34C)cc1N2c1cccc2c1oc1ccccc12. The molecule has 0 N–H and O–H groups in total. The van der Waals surface area contributed by atoms with Gasteiger partial charge in [-0.25, -0.2) is 0 Å². The molecule has 1 aliphatic carbocycles. The molecule has 0 bridgehead atoms. The van der Waals surface area contributed by atoms with E-state index in [-0.39, 0.29) is 23.1 Å². The van der Waals surface area contributed by atoms with Gasteiger partial charge in [0.25, 0.3) is 6.71 Å². The smallest absolute Gasteiger partial charge is 0.252 e. The van der Waals surface area contributed by atoms with E-state index >= 15 is 0 Å². The number of rotatable bonds is 4. The summed E-state index contributed by atoms with van der Waals surface area (Å²) in [6, 6.07) is 69.1. The van der Waals surface area contributed by atoms with Crippen LogP contribution in [0.5, 0.6) is 0 Å². The second-order valence-corrected chi connectivity index (χ2v) is 23.9. The lowest BCUT2D eigenvalue weighted by molar-refractivity contribution is 0.195. The molecular formula is C67H56BN3OS. The van der Waals surface area contributed by atoms with Crippen LogP contribution in [0.3, 0.4) is 0 Å². The Morgan fingerprint density at radius 1 is 0.534 bits per heavy atom. The number of anilines is 8. The van der Waals surface area contributed by atoms with Gasteiger partial charge in [0.2, 0.25) is 0 Å². The summed E-state index contributed by atoms with van der Waals surface area (Å²) < 4.78 is 9.64. The number of fused-ring (bicyclic) bond motifs is 13. The molecule has 0 radical (unpaired) electrons. The second kappa shape index (κ2) is 15.3. The zero-order valence-corrected chi connectivity index (χ0v) is 43.2. The van der Waals surface area contributed by atoms with Crippen molar-refractivity contribution in [3.05, 3.63) is 199 Å². The number of hydrogen-bond donors (Lipinski definition) is 0. The summed E-state index contributed by atoms with van der Waals surface area (Å²) in [5, 5.41) is 4.87. The Labute approximate surface area is 432 Å². The molecule has 354 valence electrons.